The molecular weight excluding hydrogens is 220 g/mol. The van der Waals surface area contributed by atoms with Gasteiger partial charge in [0, 0.05) is 36.9 Å². The first-order chi connectivity index (χ1) is 7.88. The molecule has 0 saturated carbocycles. The van der Waals surface area contributed by atoms with Gasteiger partial charge in [0.2, 0.25) is 0 Å². The summed E-state index contributed by atoms with van der Waals surface area (Å²) in [6, 6.07) is 5.99. The normalized spacial score (nSPS) is 10.2. The molecule has 0 spiro atoms. The van der Waals surface area contributed by atoms with E-state index in [1.807, 2.05) is 22.9 Å². The van der Waals surface area contributed by atoms with Crippen LogP contribution in [-0.4, -0.2) is 16.1 Å². The van der Waals surface area contributed by atoms with Crippen molar-refractivity contribution in [3.8, 4) is 6.07 Å². The molecule has 16 heavy (non-hydrogen) atoms. The van der Waals surface area contributed by atoms with Gasteiger partial charge in [0.15, 0.2) is 0 Å². The summed E-state index contributed by atoms with van der Waals surface area (Å²) in [4.78, 5) is 5.94. The van der Waals surface area contributed by atoms with Gasteiger partial charge in [0.05, 0.1) is 6.33 Å². The molecule has 0 aromatic carbocycles. The van der Waals surface area contributed by atoms with Crippen LogP contribution in [0.25, 0.3) is 0 Å². The molecule has 2 heterocycles. The smallest absolute Gasteiger partial charge is 0.110 e. The van der Waals surface area contributed by atoms with Crippen molar-refractivity contribution in [1.82, 2.24) is 14.9 Å². The molecule has 0 aliphatic carbocycles. The Balaban J connectivity index is 1.70. The summed E-state index contributed by atoms with van der Waals surface area (Å²) in [7, 11) is 0. The fourth-order valence-electron chi connectivity index (χ4n) is 1.37. The van der Waals surface area contributed by atoms with Crippen molar-refractivity contribution in [3.63, 3.8) is 0 Å². The van der Waals surface area contributed by atoms with Gasteiger partial charge in [-0.1, -0.05) is 0 Å². The summed E-state index contributed by atoms with van der Waals surface area (Å²) in [6.07, 6.45) is 5.53. The summed E-state index contributed by atoms with van der Waals surface area (Å²) < 4.78 is 2.03. The Labute approximate surface area is 98.2 Å². The quantitative estimate of drug-likeness (QED) is 0.797. The van der Waals surface area contributed by atoms with E-state index in [-0.39, 0.29) is 0 Å². The second-order valence-electron chi connectivity index (χ2n) is 3.36. The summed E-state index contributed by atoms with van der Waals surface area (Å²) in [5.41, 5.74) is 0. The minimum absolute atomic E-state index is 0.770. The van der Waals surface area contributed by atoms with Crippen LogP contribution in [0.15, 0.2) is 30.9 Å². The van der Waals surface area contributed by atoms with Gasteiger partial charge in [-0.2, -0.15) is 5.26 Å². The fourth-order valence-corrected chi connectivity index (χ4v) is 2.15. The third-order valence-corrected chi connectivity index (χ3v) is 3.17. The zero-order valence-corrected chi connectivity index (χ0v) is 9.57. The highest BCUT2D eigenvalue weighted by Gasteiger charge is 1.98. The van der Waals surface area contributed by atoms with Gasteiger partial charge in [-0.25, -0.2) is 4.98 Å². The Kier molecular flexibility index (Phi) is 3.70. The third-order valence-electron chi connectivity index (χ3n) is 2.18. The predicted octanol–water partition coefficient (Wildman–Crippen LogP) is 1.61. The fraction of sp³-hybridized carbons (Fsp3) is 0.273. The lowest BCUT2D eigenvalue weighted by atomic mass is 10.4. The molecule has 2 rings (SSSR count). The molecule has 1 N–H and O–H groups in total. The van der Waals surface area contributed by atoms with Crippen molar-refractivity contribution in [1.29, 1.82) is 5.26 Å². The molecule has 82 valence electrons. The highest BCUT2D eigenvalue weighted by molar-refractivity contribution is 7.12. The maximum absolute atomic E-state index is 8.68. The zero-order valence-electron chi connectivity index (χ0n) is 8.76. The van der Waals surface area contributed by atoms with Gasteiger partial charge in [-0.15, -0.1) is 11.3 Å². The summed E-state index contributed by atoms with van der Waals surface area (Å²) >= 11 is 1.54. The average Bonchev–Trinajstić information content (AvgIpc) is 2.95. The Morgan fingerprint density at radius 2 is 2.44 bits per heavy atom. The minimum atomic E-state index is 0.770. The number of hydrogen-bond donors (Lipinski definition) is 1. The number of thiophene rings is 1. The number of nitrogens with zero attached hydrogens (tertiary/aromatic N) is 3. The summed E-state index contributed by atoms with van der Waals surface area (Å²) in [6.45, 7) is 2.63. The van der Waals surface area contributed by atoms with E-state index in [4.69, 9.17) is 5.26 Å². The molecule has 0 unspecified atom stereocenters. The molecule has 2 aromatic rings. The highest BCUT2D eigenvalue weighted by atomic mass is 32.1. The van der Waals surface area contributed by atoms with E-state index in [0.717, 1.165) is 24.5 Å². The number of nitrogens with one attached hydrogen (secondary N) is 1. The Hall–Kier alpha value is -1.64. The van der Waals surface area contributed by atoms with Crippen molar-refractivity contribution < 1.29 is 0 Å². The second kappa shape index (κ2) is 5.45. The van der Waals surface area contributed by atoms with E-state index >= 15 is 0 Å². The molecule has 0 aliphatic heterocycles. The first kappa shape index (κ1) is 10.9. The van der Waals surface area contributed by atoms with Crippen LogP contribution < -0.4 is 5.32 Å². The molecule has 0 atom stereocenters. The Morgan fingerprint density at radius 3 is 3.12 bits per heavy atom. The van der Waals surface area contributed by atoms with E-state index in [9.17, 15) is 0 Å². The molecule has 0 fully saturated rings. The molecule has 0 amide bonds. The number of imidazole rings is 1. The molecule has 4 nitrogen and oxygen atoms in total. The lowest BCUT2D eigenvalue weighted by Gasteiger charge is -2.03. The van der Waals surface area contributed by atoms with Gasteiger partial charge >= 0.3 is 0 Å². The second-order valence-corrected chi connectivity index (χ2v) is 4.52. The topological polar surface area (TPSA) is 53.6 Å². The van der Waals surface area contributed by atoms with Crippen LogP contribution in [0.3, 0.4) is 0 Å². The van der Waals surface area contributed by atoms with E-state index in [1.54, 1.807) is 12.5 Å². The third kappa shape index (κ3) is 2.92. The lowest BCUT2D eigenvalue weighted by Crippen LogP contribution is -2.18. The highest BCUT2D eigenvalue weighted by Crippen LogP contribution is 2.14. The molecule has 0 radical (unpaired) electrons. The van der Waals surface area contributed by atoms with Crippen LogP contribution in [0.4, 0.5) is 0 Å². The van der Waals surface area contributed by atoms with Crippen molar-refractivity contribution >= 4 is 11.3 Å². The molecule has 2 aromatic heterocycles. The van der Waals surface area contributed by atoms with Crippen molar-refractivity contribution in [2.24, 2.45) is 0 Å². The molecule has 0 bridgehead atoms. The predicted molar refractivity (Wildman–Crippen MR) is 63.0 cm³/mol. The zero-order chi connectivity index (χ0) is 11.2. The molecule has 0 aliphatic rings. The molecule has 0 saturated heterocycles. The maximum atomic E-state index is 8.68. The van der Waals surface area contributed by atoms with Crippen LogP contribution in [-0.2, 0) is 13.1 Å². The molecular formula is C11H12N4S. The van der Waals surface area contributed by atoms with Crippen LogP contribution in [0, 0.1) is 11.3 Å². The van der Waals surface area contributed by atoms with Gasteiger partial charge in [-0.05, 0) is 12.1 Å². The van der Waals surface area contributed by atoms with Crippen molar-refractivity contribution in [2.75, 3.05) is 6.54 Å². The lowest BCUT2D eigenvalue weighted by molar-refractivity contribution is 0.600. The van der Waals surface area contributed by atoms with E-state index in [1.165, 1.54) is 16.2 Å². The van der Waals surface area contributed by atoms with Crippen molar-refractivity contribution in [3.05, 3.63) is 40.6 Å². The number of rotatable bonds is 5. The van der Waals surface area contributed by atoms with Crippen LogP contribution >= 0.6 is 11.3 Å². The monoisotopic (exact) mass is 232 g/mol. The number of hydrogen-bond acceptors (Lipinski definition) is 4. The summed E-state index contributed by atoms with van der Waals surface area (Å²) in [5.74, 6) is 0. The van der Waals surface area contributed by atoms with Crippen molar-refractivity contribution in [2.45, 2.75) is 13.1 Å². The largest absolute Gasteiger partial charge is 0.336 e. The SMILES string of the molecule is N#Cc1ccc(CNCCn2ccnc2)s1. The number of nitriles is 1. The van der Waals surface area contributed by atoms with Gasteiger partial charge < -0.3 is 9.88 Å². The van der Waals surface area contributed by atoms with Crippen LogP contribution in [0.2, 0.25) is 0 Å². The van der Waals surface area contributed by atoms with Gasteiger partial charge in [0.1, 0.15) is 10.9 Å². The van der Waals surface area contributed by atoms with Gasteiger partial charge in [-0.3, -0.25) is 0 Å². The maximum Gasteiger partial charge on any atom is 0.110 e. The van der Waals surface area contributed by atoms with E-state index in [0.29, 0.717) is 0 Å². The first-order valence-corrected chi connectivity index (χ1v) is 5.85. The van der Waals surface area contributed by atoms with Crippen LogP contribution in [0.5, 0.6) is 0 Å². The van der Waals surface area contributed by atoms with Gasteiger partial charge in [0.25, 0.3) is 0 Å². The average molecular weight is 232 g/mol. The summed E-state index contributed by atoms with van der Waals surface area (Å²) in [5, 5.41) is 12.0. The van der Waals surface area contributed by atoms with Crippen LogP contribution in [0.1, 0.15) is 9.75 Å². The van der Waals surface area contributed by atoms with E-state index in [2.05, 4.69) is 16.4 Å². The van der Waals surface area contributed by atoms with E-state index < -0.39 is 0 Å². The number of aromatic nitrogens is 2. The first-order valence-electron chi connectivity index (χ1n) is 5.04. The minimum Gasteiger partial charge on any atom is -0.336 e. The molecule has 5 heteroatoms. The Bertz CT molecular complexity index is 466. The Morgan fingerprint density at radius 1 is 1.50 bits per heavy atom. The standard InChI is InChI=1S/C11H12N4S/c12-7-10-1-2-11(16-10)8-13-3-5-15-6-4-14-9-15/h1-2,4,6,9,13H,3,5,8H2.